The van der Waals surface area contributed by atoms with Crippen LogP contribution in [0.1, 0.15) is 32.1 Å². The molecule has 90 valence electrons. The van der Waals surface area contributed by atoms with Gasteiger partial charge in [-0.2, -0.15) is 0 Å². The Morgan fingerprint density at radius 2 is 2.31 bits per heavy atom. The fourth-order valence-electron chi connectivity index (χ4n) is 1.28. The highest BCUT2D eigenvalue weighted by molar-refractivity contribution is 5.15. The third-order valence-electron chi connectivity index (χ3n) is 2.22. The molecule has 1 N–H and O–H groups in total. The van der Waals surface area contributed by atoms with E-state index in [2.05, 4.69) is 19.2 Å². The lowest BCUT2D eigenvalue weighted by Crippen LogP contribution is -2.22. The molecule has 1 rings (SSSR count). The fourth-order valence-corrected chi connectivity index (χ4v) is 1.28. The Balaban J connectivity index is 2.37. The van der Waals surface area contributed by atoms with E-state index in [0.29, 0.717) is 19.3 Å². The highest BCUT2D eigenvalue weighted by atomic mass is 16.5. The van der Waals surface area contributed by atoms with Gasteiger partial charge in [0, 0.05) is 11.6 Å². The van der Waals surface area contributed by atoms with Crippen LogP contribution >= 0.6 is 0 Å². The first-order valence-electron chi connectivity index (χ1n) is 5.71. The molecule has 0 unspecified atom stereocenters. The van der Waals surface area contributed by atoms with Gasteiger partial charge in [-0.05, 0) is 13.0 Å². The number of hydrogen-bond donors (Lipinski definition) is 1. The Kier molecular flexibility index (Phi) is 5.90. The van der Waals surface area contributed by atoms with Crippen molar-refractivity contribution in [3.8, 4) is 0 Å². The first kappa shape index (κ1) is 13.0. The van der Waals surface area contributed by atoms with E-state index >= 15 is 0 Å². The Bertz CT molecular complexity index is 315. The van der Waals surface area contributed by atoms with E-state index in [1.165, 1.54) is 0 Å². The van der Waals surface area contributed by atoms with Crippen molar-refractivity contribution in [1.29, 1.82) is 0 Å². The molecular weight excluding hydrogens is 202 g/mol. The Morgan fingerprint density at radius 3 is 3.00 bits per heavy atom. The summed E-state index contributed by atoms with van der Waals surface area (Å²) in [6.45, 7) is 8.23. The van der Waals surface area contributed by atoms with Crippen LogP contribution in [0.5, 0.6) is 0 Å². The predicted octanol–water partition coefficient (Wildman–Crippen LogP) is 2.87. The summed E-state index contributed by atoms with van der Waals surface area (Å²) >= 11 is 0. The summed E-state index contributed by atoms with van der Waals surface area (Å²) in [5.41, 5.74) is 1.12. The minimum atomic E-state index is 0.460. The molecule has 0 amide bonds. The first-order chi connectivity index (χ1) is 7.74. The SMILES string of the molecule is CC=CCOCc1ccoc1CNC(C)C. The molecule has 0 fully saturated rings. The molecule has 3 heteroatoms. The lowest BCUT2D eigenvalue weighted by atomic mass is 10.2. The molecule has 0 aliphatic heterocycles. The summed E-state index contributed by atoms with van der Waals surface area (Å²) in [5, 5.41) is 3.33. The van der Waals surface area contributed by atoms with Gasteiger partial charge in [0.25, 0.3) is 0 Å². The third kappa shape index (κ3) is 4.64. The van der Waals surface area contributed by atoms with Crippen molar-refractivity contribution in [2.75, 3.05) is 6.61 Å². The minimum Gasteiger partial charge on any atom is -0.468 e. The Hall–Kier alpha value is -1.06. The van der Waals surface area contributed by atoms with E-state index in [4.69, 9.17) is 9.15 Å². The fraction of sp³-hybridized carbons (Fsp3) is 0.538. The van der Waals surface area contributed by atoms with E-state index in [1.807, 2.05) is 25.1 Å². The van der Waals surface area contributed by atoms with Crippen LogP contribution in [-0.4, -0.2) is 12.6 Å². The average Bonchev–Trinajstić information content (AvgIpc) is 2.69. The largest absolute Gasteiger partial charge is 0.468 e. The lowest BCUT2D eigenvalue weighted by molar-refractivity contribution is 0.147. The smallest absolute Gasteiger partial charge is 0.123 e. The zero-order valence-electron chi connectivity index (χ0n) is 10.3. The molecule has 0 saturated carbocycles. The van der Waals surface area contributed by atoms with Crippen LogP contribution in [0.2, 0.25) is 0 Å². The quantitative estimate of drug-likeness (QED) is 0.570. The van der Waals surface area contributed by atoms with Crippen LogP contribution in [0.25, 0.3) is 0 Å². The minimum absolute atomic E-state index is 0.460. The molecule has 0 aromatic carbocycles. The lowest BCUT2D eigenvalue weighted by Gasteiger charge is -2.07. The number of hydrogen-bond acceptors (Lipinski definition) is 3. The Morgan fingerprint density at radius 1 is 1.50 bits per heavy atom. The van der Waals surface area contributed by atoms with Gasteiger partial charge in [0.1, 0.15) is 5.76 Å². The van der Waals surface area contributed by atoms with Gasteiger partial charge in [-0.25, -0.2) is 0 Å². The van der Waals surface area contributed by atoms with Crippen LogP contribution in [0.3, 0.4) is 0 Å². The van der Waals surface area contributed by atoms with Crippen molar-refractivity contribution in [2.24, 2.45) is 0 Å². The van der Waals surface area contributed by atoms with E-state index in [1.54, 1.807) is 6.26 Å². The van der Waals surface area contributed by atoms with E-state index in [0.717, 1.165) is 17.9 Å². The summed E-state index contributed by atoms with van der Waals surface area (Å²) in [4.78, 5) is 0. The van der Waals surface area contributed by atoms with Gasteiger partial charge in [-0.3, -0.25) is 0 Å². The number of rotatable bonds is 7. The monoisotopic (exact) mass is 223 g/mol. The highest BCUT2D eigenvalue weighted by Crippen LogP contribution is 2.11. The third-order valence-corrected chi connectivity index (χ3v) is 2.22. The summed E-state index contributed by atoms with van der Waals surface area (Å²) < 4.78 is 10.9. The maximum atomic E-state index is 5.49. The molecule has 0 atom stereocenters. The molecule has 0 bridgehead atoms. The summed E-state index contributed by atoms with van der Waals surface area (Å²) in [5.74, 6) is 0.967. The number of furan rings is 1. The van der Waals surface area contributed by atoms with Crippen LogP contribution in [0, 0.1) is 0 Å². The highest BCUT2D eigenvalue weighted by Gasteiger charge is 2.06. The molecule has 3 nitrogen and oxygen atoms in total. The van der Waals surface area contributed by atoms with E-state index < -0.39 is 0 Å². The number of allylic oxidation sites excluding steroid dienone is 1. The van der Waals surface area contributed by atoms with Crippen molar-refractivity contribution >= 4 is 0 Å². The van der Waals surface area contributed by atoms with Crippen LogP contribution in [0.15, 0.2) is 28.9 Å². The standard InChI is InChI=1S/C13H21NO2/c1-4-5-7-15-10-12-6-8-16-13(12)9-14-11(2)3/h4-6,8,11,14H,7,9-10H2,1-3H3. The average molecular weight is 223 g/mol. The second-order valence-corrected chi connectivity index (χ2v) is 3.99. The van der Waals surface area contributed by atoms with Crippen molar-refractivity contribution < 1.29 is 9.15 Å². The number of nitrogens with one attached hydrogen (secondary N) is 1. The first-order valence-corrected chi connectivity index (χ1v) is 5.71. The van der Waals surface area contributed by atoms with Gasteiger partial charge in [0.15, 0.2) is 0 Å². The van der Waals surface area contributed by atoms with Gasteiger partial charge in [0.2, 0.25) is 0 Å². The van der Waals surface area contributed by atoms with Crippen LogP contribution in [0.4, 0.5) is 0 Å². The van der Waals surface area contributed by atoms with Gasteiger partial charge in [-0.15, -0.1) is 0 Å². The van der Waals surface area contributed by atoms with Gasteiger partial charge in [0.05, 0.1) is 26.0 Å². The second kappa shape index (κ2) is 7.25. The maximum Gasteiger partial charge on any atom is 0.123 e. The van der Waals surface area contributed by atoms with Gasteiger partial charge in [-0.1, -0.05) is 26.0 Å². The molecule has 0 aliphatic rings. The van der Waals surface area contributed by atoms with Crippen molar-refractivity contribution in [2.45, 2.75) is 40.0 Å². The van der Waals surface area contributed by atoms with E-state index in [9.17, 15) is 0 Å². The molecule has 0 aliphatic carbocycles. The van der Waals surface area contributed by atoms with Crippen molar-refractivity contribution in [3.05, 3.63) is 35.8 Å². The molecule has 0 radical (unpaired) electrons. The molecule has 1 heterocycles. The normalized spacial score (nSPS) is 11.8. The van der Waals surface area contributed by atoms with Gasteiger partial charge >= 0.3 is 0 Å². The summed E-state index contributed by atoms with van der Waals surface area (Å²) in [6.07, 6.45) is 5.69. The molecule has 1 aromatic rings. The summed E-state index contributed by atoms with van der Waals surface area (Å²) in [6, 6.07) is 2.43. The number of ether oxygens (including phenoxy) is 1. The summed E-state index contributed by atoms with van der Waals surface area (Å²) in [7, 11) is 0. The maximum absolute atomic E-state index is 5.49. The predicted molar refractivity (Wildman–Crippen MR) is 65.2 cm³/mol. The molecular formula is C13H21NO2. The Labute approximate surface area is 97.5 Å². The molecule has 16 heavy (non-hydrogen) atoms. The van der Waals surface area contributed by atoms with Crippen molar-refractivity contribution in [3.63, 3.8) is 0 Å². The zero-order chi connectivity index (χ0) is 11.8. The van der Waals surface area contributed by atoms with Crippen LogP contribution in [-0.2, 0) is 17.9 Å². The van der Waals surface area contributed by atoms with E-state index in [-0.39, 0.29) is 0 Å². The molecule has 0 saturated heterocycles. The van der Waals surface area contributed by atoms with Crippen molar-refractivity contribution in [1.82, 2.24) is 5.32 Å². The zero-order valence-corrected chi connectivity index (χ0v) is 10.3. The topological polar surface area (TPSA) is 34.4 Å². The molecule has 1 aromatic heterocycles. The van der Waals surface area contributed by atoms with Gasteiger partial charge < -0.3 is 14.5 Å². The second-order valence-electron chi connectivity index (χ2n) is 3.99. The van der Waals surface area contributed by atoms with Crippen LogP contribution < -0.4 is 5.32 Å². The molecule has 0 spiro atoms.